The molecule has 0 fully saturated rings. The van der Waals surface area contributed by atoms with Crippen molar-refractivity contribution >= 4 is 23.5 Å². The lowest BCUT2D eigenvalue weighted by Gasteiger charge is -2.12. The topological polar surface area (TPSA) is 89.3 Å². The molecule has 108 valence electrons. The molecule has 0 saturated carbocycles. The molecule has 0 bridgehead atoms. The molecule has 1 atom stereocenters. The molecule has 2 rings (SSSR count). The first-order valence-corrected chi connectivity index (χ1v) is 7.23. The molecule has 2 aromatic heterocycles. The highest BCUT2D eigenvalue weighted by Gasteiger charge is 2.22. The van der Waals surface area contributed by atoms with E-state index in [1.807, 2.05) is 6.92 Å². The second-order valence-electron chi connectivity index (χ2n) is 4.18. The number of H-pyrrole nitrogens is 1. The summed E-state index contributed by atoms with van der Waals surface area (Å²) in [6, 6.07) is 1.46. The predicted molar refractivity (Wildman–Crippen MR) is 74.9 cm³/mol. The van der Waals surface area contributed by atoms with Crippen LogP contribution < -0.4 is 5.56 Å². The minimum absolute atomic E-state index is 0.226. The zero-order valence-electron chi connectivity index (χ0n) is 11.5. The number of carbonyl (C=O) groups is 1. The molecule has 0 aliphatic carbocycles. The van der Waals surface area contributed by atoms with Gasteiger partial charge in [0.15, 0.2) is 5.16 Å². The minimum atomic E-state index is -0.339. The Morgan fingerprint density at radius 1 is 1.50 bits per heavy atom. The lowest BCUT2D eigenvalue weighted by Crippen LogP contribution is -2.20. The van der Waals surface area contributed by atoms with Gasteiger partial charge in [-0.05, 0) is 20.3 Å². The number of nitrogens with one attached hydrogen (secondary N) is 1. The molecule has 1 unspecified atom stereocenters. The van der Waals surface area contributed by atoms with Crippen LogP contribution in [-0.2, 0) is 9.53 Å². The van der Waals surface area contributed by atoms with Crippen LogP contribution in [0, 0.1) is 6.92 Å². The molecular weight excluding hydrogens is 280 g/mol. The van der Waals surface area contributed by atoms with Crippen LogP contribution in [0.3, 0.4) is 0 Å². The van der Waals surface area contributed by atoms with Crippen molar-refractivity contribution in [3.8, 4) is 0 Å². The van der Waals surface area contributed by atoms with E-state index < -0.39 is 0 Å². The van der Waals surface area contributed by atoms with Gasteiger partial charge in [0.05, 0.1) is 6.61 Å². The molecule has 0 aromatic carbocycles. The summed E-state index contributed by atoms with van der Waals surface area (Å²) < 4.78 is 6.75. The van der Waals surface area contributed by atoms with Crippen molar-refractivity contribution in [1.82, 2.24) is 19.6 Å². The zero-order valence-corrected chi connectivity index (χ0v) is 12.4. The van der Waals surface area contributed by atoms with Gasteiger partial charge in [-0.2, -0.15) is 0 Å². The Kier molecular flexibility index (Phi) is 4.43. The van der Waals surface area contributed by atoms with Crippen LogP contribution in [0.1, 0.15) is 26.0 Å². The van der Waals surface area contributed by atoms with Crippen LogP contribution in [0.25, 0.3) is 5.78 Å². The predicted octanol–water partition coefficient (Wildman–Crippen LogP) is 1.16. The molecule has 0 spiro atoms. The number of carbonyl (C=O) groups excluding carboxylic acids is 1. The molecule has 7 nitrogen and oxygen atoms in total. The number of aromatic amines is 1. The van der Waals surface area contributed by atoms with Crippen molar-refractivity contribution in [2.75, 3.05) is 6.61 Å². The minimum Gasteiger partial charge on any atom is -0.465 e. The summed E-state index contributed by atoms with van der Waals surface area (Å²) in [5.41, 5.74) is 0.492. The second kappa shape index (κ2) is 6.08. The van der Waals surface area contributed by atoms with Crippen LogP contribution in [0.4, 0.5) is 0 Å². The van der Waals surface area contributed by atoms with Crippen molar-refractivity contribution in [1.29, 1.82) is 0 Å². The number of thioether (sulfide) groups is 1. The van der Waals surface area contributed by atoms with Crippen molar-refractivity contribution in [3.63, 3.8) is 0 Å². The fourth-order valence-electron chi connectivity index (χ4n) is 1.81. The quantitative estimate of drug-likeness (QED) is 0.658. The summed E-state index contributed by atoms with van der Waals surface area (Å²) in [5, 5.41) is 8.17. The maximum atomic E-state index is 11.8. The average molecular weight is 296 g/mol. The third-order valence-corrected chi connectivity index (χ3v) is 4.01. The highest BCUT2D eigenvalue weighted by atomic mass is 32.2. The van der Waals surface area contributed by atoms with Crippen molar-refractivity contribution < 1.29 is 9.53 Å². The van der Waals surface area contributed by atoms with E-state index in [4.69, 9.17) is 4.74 Å². The largest absolute Gasteiger partial charge is 0.465 e. The molecule has 0 radical (unpaired) electrons. The lowest BCUT2D eigenvalue weighted by atomic mass is 10.3. The van der Waals surface area contributed by atoms with E-state index in [1.165, 1.54) is 17.8 Å². The highest BCUT2D eigenvalue weighted by Crippen LogP contribution is 2.25. The SMILES string of the molecule is CCOC(=O)C(CC)Sc1nnc2[nH]c(=O)cc(C)n12. The number of fused-ring (bicyclic) bond motifs is 1. The van der Waals surface area contributed by atoms with E-state index in [2.05, 4.69) is 15.2 Å². The van der Waals surface area contributed by atoms with E-state index >= 15 is 0 Å². The standard InChI is InChI=1S/C12H16N4O3S/c1-4-8(10(18)19-5-2)20-12-15-14-11-13-9(17)6-7(3)16(11)12/h6,8H,4-5H2,1-3H3,(H,13,14,17). The highest BCUT2D eigenvalue weighted by molar-refractivity contribution is 8.00. The van der Waals surface area contributed by atoms with E-state index in [-0.39, 0.29) is 16.8 Å². The number of hydrogen-bond donors (Lipinski definition) is 1. The molecular formula is C12H16N4O3S. The maximum Gasteiger partial charge on any atom is 0.319 e. The molecule has 20 heavy (non-hydrogen) atoms. The molecule has 0 amide bonds. The first-order chi connectivity index (χ1) is 9.56. The Labute approximate surface area is 119 Å². The summed E-state index contributed by atoms with van der Waals surface area (Å²) in [7, 11) is 0. The van der Waals surface area contributed by atoms with Gasteiger partial charge < -0.3 is 4.74 Å². The van der Waals surface area contributed by atoms with Crippen molar-refractivity contribution in [2.45, 2.75) is 37.6 Å². The second-order valence-corrected chi connectivity index (χ2v) is 5.35. The lowest BCUT2D eigenvalue weighted by molar-refractivity contribution is -0.142. The van der Waals surface area contributed by atoms with Gasteiger partial charge in [0, 0.05) is 11.8 Å². The molecule has 2 heterocycles. The van der Waals surface area contributed by atoms with Crippen molar-refractivity contribution in [2.24, 2.45) is 0 Å². The summed E-state index contributed by atoms with van der Waals surface area (Å²) in [6.07, 6.45) is 0.626. The molecule has 2 aromatic rings. The Morgan fingerprint density at radius 3 is 2.90 bits per heavy atom. The number of ether oxygens (including phenoxy) is 1. The molecule has 1 N–H and O–H groups in total. The number of aryl methyl sites for hydroxylation is 1. The number of nitrogens with zero attached hydrogens (tertiary/aromatic N) is 3. The first-order valence-electron chi connectivity index (χ1n) is 6.35. The van der Waals surface area contributed by atoms with Crippen molar-refractivity contribution in [3.05, 3.63) is 22.1 Å². The number of hydrogen-bond acceptors (Lipinski definition) is 6. The third kappa shape index (κ3) is 2.84. The van der Waals surface area contributed by atoms with Gasteiger partial charge in [-0.15, -0.1) is 10.2 Å². The molecule has 0 aliphatic heterocycles. The number of esters is 1. The van der Waals surface area contributed by atoms with Gasteiger partial charge in [-0.1, -0.05) is 18.7 Å². The van der Waals surface area contributed by atoms with E-state index in [1.54, 1.807) is 18.2 Å². The van der Waals surface area contributed by atoms with E-state index in [9.17, 15) is 9.59 Å². The monoisotopic (exact) mass is 296 g/mol. The van der Waals surface area contributed by atoms with Gasteiger partial charge >= 0.3 is 5.97 Å². The summed E-state index contributed by atoms with van der Waals surface area (Å²) >= 11 is 1.29. The van der Waals surface area contributed by atoms with Crippen LogP contribution >= 0.6 is 11.8 Å². The molecule has 0 aliphatic rings. The Morgan fingerprint density at radius 2 is 2.25 bits per heavy atom. The van der Waals surface area contributed by atoms with E-state index in [0.717, 1.165) is 5.69 Å². The van der Waals surface area contributed by atoms with E-state index in [0.29, 0.717) is 24.0 Å². The van der Waals surface area contributed by atoms with Crippen LogP contribution in [0.2, 0.25) is 0 Å². The summed E-state index contributed by atoms with van der Waals surface area (Å²) in [5.74, 6) is 0.107. The normalized spacial score (nSPS) is 12.6. The Bertz CT molecular complexity index is 679. The van der Waals surface area contributed by atoms with Crippen LogP contribution in [0.5, 0.6) is 0 Å². The van der Waals surface area contributed by atoms with Crippen LogP contribution in [-0.4, -0.2) is 37.4 Å². The van der Waals surface area contributed by atoms with Gasteiger partial charge in [0.25, 0.3) is 5.56 Å². The molecule has 0 saturated heterocycles. The van der Waals surface area contributed by atoms with Gasteiger partial charge in [0.2, 0.25) is 5.78 Å². The summed E-state index contributed by atoms with van der Waals surface area (Å²) in [4.78, 5) is 25.8. The van der Waals surface area contributed by atoms with Gasteiger partial charge in [0.1, 0.15) is 5.25 Å². The van der Waals surface area contributed by atoms with Crippen LogP contribution in [0.15, 0.2) is 16.0 Å². The van der Waals surface area contributed by atoms with Gasteiger partial charge in [-0.3, -0.25) is 19.0 Å². The Hall–Kier alpha value is -1.83. The number of rotatable bonds is 5. The fourth-order valence-corrected chi connectivity index (χ4v) is 2.82. The summed E-state index contributed by atoms with van der Waals surface area (Å²) in [6.45, 7) is 5.83. The molecule has 8 heteroatoms. The maximum absolute atomic E-state index is 11.8. The number of aromatic nitrogens is 4. The Balaban J connectivity index is 2.34. The van der Waals surface area contributed by atoms with Gasteiger partial charge in [-0.25, -0.2) is 0 Å². The third-order valence-electron chi connectivity index (χ3n) is 2.73. The smallest absolute Gasteiger partial charge is 0.319 e. The zero-order chi connectivity index (χ0) is 14.7. The first kappa shape index (κ1) is 14.6. The fraction of sp³-hybridized carbons (Fsp3) is 0.500. The average Bonchev–Trinajstić information content (AvgIpc) is 2.79.